The zero-order chi connectivity index (χ0) is 110. The molecule has 808 valence electrons. The van der Waals surface area contributed by atoms with Crippen LogP contribution in [0.25, 0.3) is 0 Å². The molecule has 19 heteroatoms. The number of esters is 1. The summed E-state index contributed by atoms with van der Waals surface area (Å²) in [5, 5.41) is 32.8. The summed E-state index contributed by atoms with van der Waals surface area (Å²) in [7, 11) is -0.344. The Morgan fingerprint density at radius 3 is 1.03 bits per heavy atom. The highest BCUT2D eigenvalue weighted by Gasteiger charge is 2.52. The minimum absolute atomic E-state index is 0.00339. The van der Waals surface area contributed by atoms with Gasteiger partial charge in [-0.1, -0.05) is 323 Å². The number of Topliss-reactive ketones (excluding diaryl/α,β-unsaturated/α-hetero) is 1. The molecule has 1 heterocycles. The predicted molar refractivity (Wildman–Crippen MR) is 611 cm³/mol. The van der Waals surface area contributed by atoms with Gasteiger partial charge in [-0.2, -0.15) is 0 Å². The van der Waals surface area contributed by atoms with Crippen LogP contribution in [0.5, 0.6) is 11.5 Å². The Kier molecular flexibility index (Phi) is 37.8. The number of methoxy groups -OCH3 is 4. The third kappa shape index (κ3) is 26.6. The van der Waals surface area contributed by atoms with Gasteiger partial charge in [0, 0.05) is 49.9 Å². The van der Waals surface area contributed by atoms with Crippen molar-refractivity contribution in [3.63, 3.8) is 0 Å². The standard InChI is InChI=1S/C27H34O5.C22H38O2Si.C21H36O2Si.C20H34O2Si.C20H32O2Si.C16H24O2/c1-26(2,3)27(4,30-6)22-9-7-8-21-20(22)12-13-23(21)32-18-10-11-19-17(14-25(28)29-5)16-31-24(19)15-18;1-20(2,3)22(7,23-8)18-13-11-12-17-16(18)14-15-19(17)24-25(9,10)21(4,5)6;1-19(2,3)21(7,22)17-12-10-11-16-15(17)13-14-18(16)23-24(8,9)20(4,5)6;2*1-19(2,3)18(21)16-11-9-10-15-14(16)12-13-17(15)22-23(7,8)20(4,5)6;1-15(2,3)16(4,18-5)13-8-6-7-12-11(13)9-10-14(12)17/h7-11,15,17,23H,12-14,16H2,1-6H3;11-13,19H,14-15H2,1-10H3;10-12,18,22H,13-14H2,1-9H3;9-11,17-18,21H,12-13H2,1-8H3;9-11,17H,12-13H2,1-8H3;6-8,14,17H,9-10H2,1-5H3/t17-,23-,27?;19-,22?;18-,21?;17-,18?;17-;14-,16?/m100001/s1. The van der Waals surface area contributed by atoms with E-state index in [2.05, 4.69) is 345 Å². The van der Waals surface area contributed by atoms with Gasteiger partial charge in [0.15, 0.2) is 39.1 Å². The predicted octanol–water partition coefficient (Wildman–Crippen LogP) is 33.5. The van der Waals surface area contributed by atoms with Gasteiger partial charge in [-0.05, 0) is 305 Å². The number of hydrogen-bond donors (Lipinski definition) is 3. The highest BCUT2D eigenvalue weighted by molar-refractivity contribution is 6.75. The lowest BCUT2D eigenvalue weighted by molar-refractivity contribution is -0.141. The van der Waals surface area contributed by atoms with E-state index < -0.39 is 45.0 Å². The molecule has 12 atom stereocenters. The summed E-state index contributed by atoms with van der Waals surface area (Å²) in [5.41, 5.74) is 20.8. The van der Waals surface area contributed by atoms with Crippen LogP contribution < -0.4 is 9.47 Å². The van der Waals surface area contributed by atoms with E-state index in [4.69, 9.17) is 46.1 Å². The summed E-state index contributed by atoms with van der Waals surface area (Å²) in [4.78, 5) is 24.4. The van der Waals surface area contributed by atoms with Gasteiger partial charge in [-0.15, -0.1) is 0 Å². The average molecular weight is 2070 g/mol. The molecule has 15 nitrogen and oxygen atoms in total. The zero-order valence-electron chi connectivity index (χ0n) is 99.4. The Balaban J connectivity index is 0.000000195. The largest absolute Gasteiger partial charge is 0.492 e. The number of carbonyl (C=O) groups excluding carboxylic acids is 2. The molecule has 0 radical (unpaired) electrons. The topological polar surface area (TPSA) is 187 Å². The molecule has 0 amide bonds. The molecule has 14 rings (SSSR count). The SMILES string of the molecule is CC(C)(C)C(=O)c1cccc2c1CC[C@@H]2O[Si](C)(C)C(C)(C)C.CC(C)(C)C(C)(O)c1cccc2c1CC[C@@H]2O[Si](C)(C)C(C)(C)C.CC(C)(C)C(O)c1cccc2c1CC[C@@H]2O[Si](C)(C)C(C)(C)C.COC(=O)C[C@@H]1COc2cc(O[C@@H]3CCc4c3cccc4C(C)(OC)C(C)(C)C)ccc21.COC(C)(c1cccc2c1CC[C@@H]2O[Si](C)(C)C(C)(C)C)C(C)(C)C.COC(C)(c1cccc2c1CC[C@H]2O)C(C)(C)C. The zero-order valence-corrected chi connectivity index (χ0v) is 103. The number of carbonyl (C=O) groups is 2. The fraction of sp³-hybridized carbons (Fsp3) is 0.651. The van der Waals surface area contributed by atoms with Gasteiger partial charge in [0.25, 0.3) is 0 Å². The first-order valence-corrected chi connectivity index (χ1v) is 66.0. The molecule has 5 unspecified atom stereocenters. The first-order valence-electron chi connectivity index (χ1n) is 54.3. The molecule has 0 fully saturated rings. The van der Waals surface area contributed by atoms with E-state index in [1.807, 2.05) is 77.3 Å². The van der Waals surface area contributed by atoms with Crippen molar-refractivity contribution in [3.8, 4) is 11.5 Å². The minimum Gasteiger partial charge on any atom is -0.492 e. The summed E-state index contributed by atoms with van der Waals surface area (Å²) < 4.78 is 61.9. The summed E-state index contributed by atoms with van der Waals surface area (Å²) in [6.07, 6.45) is 12.2. The van der Waals surface area contributed by atoms with Crippen LogP contribution in [0.1, 0.15) is 439 Å². The van der Waals surface area contributed by atoms with Crippen LogP contribution in [0.4, 0.5) is 0 Å². The Labute approximate surface area is 884 Å². The molecule has 1 aliphatic heterocycles. The first kappa shape index (κ1) is 122. The molecule has 0 saturated heterocycles. The van der Waals surface area contributed by atoms with Crippen LogP contribution in [-0.2, 0) is 102 Å². The van der Waals surface area contributed by atoms with Crippen LogP contribution in [0.2, 0.25) is 72.5 Å². The lowest BCUT2D eigenvalue weighted by Gasteiger charge is -2.42. The molecule has 7 aromatic carbocycles. The number of fused-ring (bicyclic) bond motifs is 7. The van der Waals surface area contributed by atoms with E-state index in [1.54, 1.807) is 14.2 Å². The lowest BCUT2D eigenvalue weighted by Crippen LogP contribution is -2.41. The van der Waals surface area contributed by atoms with Crippen molar-refractivity contribution in [2.45, 2.75) is 462 Å². The maximum atomic E-state index is 12.7. The number of ether oxygens (including phenoxy) is 6. The van der Waals surface area contributed by atoms with Crippen molar-refractivity contribution in [1.82, 2.24) is 0 Å². The van der Waals surface area contributed by atoms with Gasteiger partial charge in [0.2, 0.25) is 0 Å². The fourth-order valence-electron chi connectivity index (χ4n) is 20.4. The third-order valence-corrected chi connectivity index (χ3v) is 54.1. The van der Waals surface area contributed by atoms with Gasteiger partial charge in [-0.3, -0.25) is 9.59 Å². The number of aliphatic hydroxyl groups excluding tert-OH is 2. The van der Waals surface area contributed by atoms with Gasteiger partial charge in [0.05, 0.1) is 79.2 Å². The smallest absolute Gasteiger partial charge is 0.306 e. The van der Waals surface area contributed by atoms with E-state index in [0.717, 1.165) is 116 Å². The molecule has 0 saturated carbocycles. The van der Waals surface area contributed by atoms with E-state index in [0.29, 0.717) is 13.0 Å². The Bertz CT molecular complexity index is 5590. The quantitative estimate of drug-likeness (QED) is 0.0350. The Morgan fingerprint density at radius 2 is 0.676 bits per heavy atom. The van der Waals surface area contributed by atoms with Crippen molar-refractivity contribution in [3.05, 3.63) is 233 Å². The number of ketones is 1. The maximum absolute atomic E-state index is 12.7. The highest BCUT2D eigenvalue weighted by Crippen LogP contribution is 2.57. The van der Waals surface area contributed by atoms with E-state index in [9.17, 15) is 24.9 Å². The first-order chi connectivity index (χ1) is 66.1. The van der Waals surface area contributed by atoms with E-state index in [1.165, 1.54) is 85.0 Å². The summed E-state index contributed by atoms with van der Waals surface area (Å²) in [6.45, 7) is 93.6. The monoisotopic (exact) mass is 2060 g/mol. The van der Waals surface area contributed by atoms with Gasteiger partial charge < -0.3 is 61.4 Å². The Morgan fingerprint density at radius 1 is 0.366 bits per heavy atom. The molecule has 0 bridgehead atoms. The summed E-state index contributed by atoms with van der Waals surface area (Å²) >= 11 is 0. The molecule has 145 heavy (non-hydrogen) atoms. The summed E-state index contributed by atoms with van der Waals surface area (Å²) in [5.74, 6) is 1.63. The second kappa shape index (κ2) is 44.8. The van der Waals surface area contributed by atoms with Crippen molar-refractivity contribution in [2.75, 3.05) is 35.0 Å². The van der Waals surface area contributed by atoms with Gasteiger partial charge in [0.1, 0.15) is 17.6 Å². The van der Waals surface area contributed by atoms with Gasteiger partial charge >= 0.3 is 5.97 Å². The normalized spacial score (nSPS) is 21.0. The van der Waals surface area contributed by atoms with Crippen LogP contribution in [0.15, 0.2) is 127 Å². The third-order valence-electron chi connectivity index (χ3n) is 36.2. The van der Waals surface area contributed by atoms with Crippen LogP contribution in [-0.4, -0.2) is 95.4 Å². The number of rotatable bonds is 21. The van der Waals surface area contributed by atoms with Crippen molar-refractivity contribution in [1.29, 1.82) is 0 Å². The molecule has 7 aromatic rings. The van der Waals surface area contributed by atoms with E-state index in [-0.39, 0.29) is 124 Å². The Hall–Kier alpha value is -6.25. The fourth-order valence-corrected chi connectivity index (χ4v) is 25.7. The average Bonchev–Trinajstić information content (AvgIpc) is 1.66. The molecule has 0 spiro atoms. The van der Waals surface area contributed by atoms with Gasteiger partial charge in [-0.25, -0.2) is 0 Å². The maximum Gasteiger partial charge on any atom is 0.306 e. The van der Waals surface area contributed by atoms with Crippen LogP contribution in [0, 0.1) is 32.5 Å². The second-order valence-electron chi connectivity index (χ2n) is 55.7. The molecule has 6 aliphatic carbocycles. The molecular weight excluding hydrogens is 1870 g/mol. The second-order valence-corrected chi connectivity index (χ2v) is 74.7. The summed E-state index contributed by atoms with van der Waals surface area (Å²) in [6, 6.07) is 44.2. The van der Waals surface area contributed by atoms with Crippen LogP contribution in [0.3, 0.4) is 0 Å². The molecular formula is C126H198O15Si4. The molecule has 0 aromatic heterocycles. The van der Waals surface area contributed by atoms with Crippen LogP contribution >= 0.6 is 0 Å². The molecule has 7 aliphatic rings. The number of benzene rings is 7. The van der Waals surface area contributed by atoms with E-state index >= 15 is 0 Å². The molecule has 3 N–H and O–H groups in total. The van der Waals surface area contributed by atoms with Crippen molar-refractivity contribution in [2.24, 2.45) is 32.5 Å². The van der Waals surface area contributed by atoms with Crippen molar-refractivity contribution >= 4 is 45.0 Å². The highest BCUT2D eigenvalue weighted by atomic mass is 28.4. The number of aliphatic hydroxyl groups is 3. The van der Waals surface area contributed by atoms with Crippen molar-refractivity contribution < 1.29 is 71.0 Å². The minimum atomic E-state index is -1.80. The number of hydrogen-bond acceptors (Lipinski definition) is 15. The lowest BCUT2D eigenvalue weighted by atomic mass is 9.71.